The van der Waals surface area contributed by atoms with Crippen LogP contribution >= 0.6 is 0 Å². The Morgan fingerprint density at radius 1 is 0.654 bits per heavy atom. The van der Waals surface area contributed by atoms with E-state index in [1.165, 1.54) is 5.01 Å². The standard InChI is InChI=1S/C61H86N10O7/c1-9-15-19-44(13-5)37-64-39-54-68(52(58(64)75)31-43(7)8)56(73)41-66(29-11-3)70(54)60(77)62-35-47-21-17-23-49(32-47)50-24-18-22-48(33-50)36-63-61(78)71-55-40-65(38-45(14-6)20-16-10-2)59(76)53(34-46-25-27-51(72)28-26-46)69(55)57(74)42-67(71)30-12-4/h4,17-18,21-28,32-33,43-45,52-55,72H,9-11,13-16,19-20,29-31,34-42H2,1-3,5-8H3,(H,62,77)(H,63,78)/t44?,45?,52-,53-,54-,55-/m0/s1. The predicted octanol–water partition coefficient (Wildman–Crippen LogP) is 8.04. The van der Waals surface area contributed by atoms with Crippen molar-refractivity contribution in [2.45, 2.75) is 157 Å². The lowest BCUT2D eigenvalue weighted by Gasteiger charge is -2.55. The maximum atomic E-state index is 14.7. The van der Waals surface area contributed by atoms with Gasteiger partial charge in [0.2, 0.25) is 23.6 Å². The van der Waals surface area contributed by atoms with Crippen molar-refractivity contribution in [2.75, 3.05) is 52.4 Å². The molecule has 0 spiro atoms. The van der Waals surface area contributed by atoms with E-state index in [1.807, 2.05) is 70.3 Å². The molecule has 78 heavy (non-hydrogen) atoms. The van der Waals surface area contributed by atoms with Crippen molar-refractivity contribution < 1.29 is 33.9 Å². The fourth-order valence-corrected chi connectivity index (χ4v) is 11.8. The van der Waals surface area contributed by atoms with Crippen LogP contribution in [-0.4, -0.2) is 157 Å². The lowest BCUT2D eigenvalue weighted by molar-refractivity contribution is -0.192. The molecule has 8 amide bonds. The fraction of sp³-hybridized carbons (Fsp3) is 0.574. The number of nitrogens with one attached hydrogen (secondary N) is 2. The van der Waals surface area contributed by atoms with Gasteiger partial charge in [0, 0.05) is 39.1 Å². The Morgan fingerprint density at radius 3 is 1.62 bits per heavy atom. The number of hydrazine groups is 2. The van der Waals surface area contributed by atoms with Crippen LogP contribution in [0.4, 0.5) is 9.59 Å². The van der Waals surface area contributed by atoms with Gasteiger partial charge in [-0.25, -0.2) is 24.6 Å². The molecule has 4 aliphatic heterocycles. The average Bonchev–Trinajstić information content (AvgIpc) is 3.63. The van der Waals surface area contributed by atoms with Gasteiger partial charge in [0.05, 0.1) is 32.7 Å². The Bertz CT molecular complexity index is 2590. The van der Waals surface area contributed by atoms with Gasteiger partial charge in [-0.15, -0.1) is 6.42 Å². The molecule has 3 N–H and O–H groups in total. The summed E-state index contributed by atoms with van der Waals surface area (Å²) in [6, 6.07) is 20.1. The number of benzene rings is 3. The Kier molecular flexibility index (Phi) is 21.0. The fourth-order valence-electron chi connectivity index (χ4n) is 11.8. The zero-order valence-electron chi connectivity index (χ0n) is 47.4. The van der Waals surface area contributed by atoms with Crippen LogP contribution in [0.5, 0.6) is 5.75 Å². The van der Waals surface area contributed by atoms with E-state index >= 15 is 0 Å². The SMILES string of the molecule is C#CCN1CC(=O)N2[C@@H](Cc3ccc(O)cc3)C(=O)N(CC(CC)CCCC)C[C@@H]2N1C(=O)NCc1cccc(-c2cccc(CNC(=O)N3[C@H]4CN(CC(CC)CCCC)C(=O)[C@H](CC(C)C)N4C(=O)CN3CCC)c2)c1. The predicted molar refractivity (Wildman–Crippen MR) is 302 cm³/mol. The van der Waals surface area contributed by atoms with Gasteiger partial charge in [-0.1, -0.05) is 141 Å². The number of carbonyl (C=O) groups excluding carboxylic acids is 6. The van der Waals surface area contributed by atoms with Crippen LogP contribution in [0.2, 0.25) is 0 Å². The number of fused-ring (bicyclic) bond motifs is 2. The third-order valence-electron chi connectivity index (χ3n) is 16.0. The van der Waals surface area contributed by atoms with Crippen molar-refractivity contribution in [3.05, 3.63) is 89.5 Å². The van der Waals surface area contributed by atoms with Crippen LogP contribution in [0.1, 0.15) is 129 Å². The number of terminal acetylenes is 1. The molecule has 4 aliphatic rings. The second kappa shape index (κ2) is 27.8. The van der Waals surface area contributed by atoms with Crippen LogP contribution in [0.3, 0.4) is 0 Å². The first-order valence-electron chi connectivity index (χ1n) is 28.9. The normalized spacial score (nSPS) is 20.9. The molecular formula is C61H86N10O7. The minimum Gasteiger partial charge on any atom is -0.508 e. The number of piperazine rings is 2. The molecule has 6 atom stereocenters. The number of phenolic OH excluding ortho intramolecular Hbond substituents is 1. The van der Waals surface area contributed by atoms with Crippen molar-refractivity contribution >= 4 is 35.7 Å². The Balaban J connectivity index is 1.07. The molecule has 7 rings (SSSR count). The lowest BCUT2D eigenvalue weighted by Crippen LogP contribution is -2.76. The highest BCUT2D eigenvalue weighted by atomic mass is 16.3. The third kappa shape index (κ3) is 14.1. The summed E-state index contributed by atoms with van der Waals surface area (Å²) in [7, 11) is 0. The number of unbranched alkanes of at least 4 members (excludes halogenated alkanes) is 2. The number of rotatable bonds is 24. The average molecular weight is 1070 g/mol. The second-order valence-electron chi connectivity index (χ2n) is 22.2. The number of phenols is 1. The molecule has 0 radical (unpaired) electrons. The molecule has 422 valence electrons. The number of amides is 8. The lowest BCUT2D eigenvalue weighted by atomic mass is 9.94. The summed E-state index contributed by atoms with van der Waals surface area (Å²) >= 11 is 0. The molecule has 0 aliphatic carbocycles. The molecule has 4 heterocycles. The van der Waals surface area contributed by atoms with Crippen molar-refractivity contribution in [3.63, 3.8) is 0 Å². The Labute approximate surface area is 463 Å². The van der Waals surface area contributed by atoms with Crippen molar-refractivity contribution in [1.82, 2.24) is 50.3 Å². The molecule has 0 aromatic heterocycles. The highest BCUT2D eigenvalue weighted by Crippen LogP contribution is 2.33. The summed E-state index contributed by atoms with van der Waals surface area (Å²) < 4.78 is 0. The molecule has 3 aromatic rings. The minimum absolute atomic E-state index is 0.00512. The number of hydrogen-bond donors (Lipinski definition) is 3. The van der Waals surface area contributed by atoms with Gasteiger partial charge < -0.3 is 35.3 Å². The van der Waals surface area contributed by atoms with E-state index in [9.17, 15) is 33.9 Å². The second-order valence-corrected chi connectivity index (χ2v) is 22.2. The van der Waals surface area contributed by atoms with Crippen LogP contribution < -0.4 is 10.6 Å². The first-order chi connectivity index (χ1) is 37.6. The largest absolute Gasteiger partial charge is 0.508 e. The van der Waals surface area contributed by atoms with E-state index in [0.717, 1.165) is 85.6 Å². The van der Waals surface area contributed by atoms with Crippen molar-refractivity contribution in [1.29, 1.82) is 0 Å². The summed E-state index contributed by atoms with van der Waals surface area (Å²) in [6.45, 7) is 17.0. The number of aromatic hydroxyl groups is 1. The maximum Gasteiger partial charge on any atom is 0.334 e. The number of urea groups is 2. The first-order valence-corrected chi connectivity index (χ1v) is 28.9. The van der Waals surface area contributed by atoms with E-state index in [0.29, 0.717) is 32.0 Å². The van der Waals surface area contributed by atoms with Gasteiger partial charge in [0.1, 0.15) is 30.2 Å². The van der Waals surface area contributed by atoms with E-state index in [-0.39, 0.29) is 99.5 Å². The smallest absolute Gasteiger partial charge is 0.334 e. The van der Waals surface area contributed by atoms with Gasteiger partial charge in [-0.2, -0.15) is 5.01 Å². The molecule has 17 nitrogen and oxygen atoms in total. The molecule has 4 saturated heterocycles. The van der Waals surface area contributed by atoms with Crippen molar-refractivity contribution in [3.8, 4) is 29.2 Å². The number of hydrogen-bond acceptors (Lipinski definition) is 9. The van der Waals surface area contributed by atoms with E-state index in [1.54, 1.807) is 44.1 Å². The van der Waals surface area contributed by atoms with E-state index in [4.69, 9.17) is 6.42 Å². The molecule has 0 saturated carbocycles. The molecule has 2 unspecified atom stereocenters. The van der Waals surface area contributed by atoms with Gasteiger partial charge in [-0.05, 0) is 95.5 Å². The molecule has 0 bridgehead atoms. The van der Waals surface area contributed by atoms with Gasteiger partial charge in [0.15, 0.2) is 0 Å². The van der Waals surface area contributed by atoms with Crippen LogP contribution in [0, 0.1) is 30.1 Å². The quantitative estimate of drug-likeness (QED) is 0.0751. The van der Waals surface area contributed by atoms with Crippen LogP contribution in [0.15, 0.2) is 72.8 Å². The van der Waals surface area contributed by atoms with Crippen molar-refractivity contribution in [2.24, 2.45) is 17.8 Å². The summed E-state index contributed by atoms with van der Waals surface area (Å²) in [4.78, 5) is 93.2. The van der Waals surface area contributed by atoms with Crippen LogP contribution in [0.25, 0.3) is 11.1 Å². The molecule has 3 aromatic carbocycles. The summed E-state index contributed by atoms with van der Waals surface area (Å²) in [6.07, 6.45) is 13.9. The van der Waals surface area contributed by atoms with Gasteiger partial charge >= 0.3 is 12.1 Å². The minimum atomic E-state index is -0.874. The Hall–Kier alpha value is -6.64. The summed E-state index contributed by atoms with van der Waals surface area (Å²) in [5.41, 5.74) is 4.28. The van der Waals surface area contributed by atoms with E-state index in [2.05, 4.69) is 58.1 Å². The molecule has 4 fully saturated rings. The summed E-state index contributed by atoms with van der Waals surface area (Å²) in [5.74, 6) is 2.86. The maximum absolute atomic E-state index is 14.7. The zero-order chi connectivity index (χ0) is 56.0. The zero-order valence-corrected chi connectivity index (χ0v) is 47.4. The first kappa shape index (κ1) is 59.0. The third-order valence-corrected chi connectivity index (χ3v) is 16.0. The van der Waals surface area contributed by atoms with E-state index < -0.39 is 30.4 Å². The van der Waals surface area contributed by atoms with Crippen LogP contribution in [-0.2, 0) is 38.7 Å². The monoisotopic (exact) mass is 1070 g/mol. The highest BCUT2D eigenvalue weighted by Gasteiger charge is 2.53. The number of nitrogens with zero attached hydrogens (tertiary/aromatic N) is 8. The highest BCUT2D eigenvalue weighted by molar-refractivity contribution is 5.93. The topological polar surface area (TPSA) is 173 Å². The Morgan fingerprint density at radius 2 is 1.14 bits per heavy atom. The summed E-state index contributed by atoms with van der Waals surface area (Å²) in [5, 5.41) is 23.0. The molecule has 17 heteroatoms. The van der Waals surface area contributed by atoms with Gasteiger partial charge in [-0.3, -0.25) is 19.2 Å². The number of carbonyl (C=O) groups is 6. The molecular weight excluding hydrogens is 985 g/mol. The van der Waals surface area contributed by atoms with Gasteiger partial charge in [0.25, 0.3) is 0 Å².